The molecule has 36 heavy (non-hydrogen) atoms. The van der Waals surface area contributed by atoms with Crippen LogP contribution in [0.15, 0.2) is 4.99 Å². The van der Waals surface area contributed by atoms with Crippen molar-refractivity contribution in [3.63, 3.8) is 0 Å². The second kappa shape index (κ2) is 18.7. The van der Waals surface area contributed by atoms with Crippen molar-refractivity contribution in [1.29, 1.82) is 0 Å². The molecule has 0 aliphatic carbocycles. The van der Waals surface area contributed by atoms with Gasteiger partial charge in [0.1, 0.15) is 18.1 Å². The second-order valence-corrected chi connectivity index (χ2v) is 9.80. The Hall–Kier alpha value is -2.58. The van der Waals surface area contributed by atoms with Gasteiger partial charge in [-0.3, -0.25) is 19.4 Å². The number of hydrogen-bond acceptors (Lipinski definition) is 8. The molecule has 0 radical (unpaired) electrons. The molecule has 0 aromatic rings. The predicted octanol–water partition coefficient (Wildman–Crippen LogP) is -1.56. The van der Waals surface area contributed by atoms with Crippen molar-refractivity contribution in [3.05, 3.63) is 0 Å². The number of rotatable bonds is 19. The van der Waals surface area contributed by atoms with E-state index in [1.54, 1.807) is 25.6 Å². The minimum absolute atomic E-state index is 0.0995. The number of thioether (sulfide) groups is 1. The normalized spacial score (nSPS) is 14.3. The SMILES string of the molecule is CSCCC(N)C(=O)NC(CCCCN)C(=O)NC(C(=O)NC(CCCN=C(N)N)C(=O)O)C(C)C. The van der Waals surface area contributed by atoms with Crippen molar-refractivity contribution in [2.75, 3.05) is 25.1 Å². The smallest absolute Gasteiger partial charge is 0.326 e. The van der Waals surface area contributed by atoms with Crippen LogP contribution < -0.4 is 38.9 Å². The Morgan fingerprint density at radius 2 is 1.50 bits per heavy atom. The molecule has 0 bridgehead atoms. The third kappa shape index (κ3) is 14.1. The van der Waals surface area contributed by atoms with E-state index in [0.29, 0.717) is 44.4 Å². The molecule has 3 amide bonds. The van der Waals surface area contributed by atoms with Gasteiger partial charge in [-0.15, -0.1) is 0 Å². The second-order valence-electron chi connectivity index (χ2n) is 8.81. The molecule has 0 aliphatic heterocycles. The van der Waals surface area contributed by atoms with Gasteiger partial charge in [0.05, 0.1) is 6.04 Å². The fourth-order valence-electron chi connectivity index (χ4n) is 3.23. The van der Waals surface area contributed by atoms with E-state index >= 15 is 0 Å². The van der Waals surface area contributed by atoms with Gasteiger partial charge in [-0.1, -0.05) is 13.8 Å². The summed E-state index contributed by atoms with van der Waals surface area (Å²) in [7, 11) is 0. The Labute approximate surface area is 217 Å². The molecular weight excluding hydrogens is 488 g/mol. The molecule has 0 spiro atoms. The molecule has 0 saturated carbocycles. The highest BCUT2D eigenvalue weighted by molar-refractivity contribution is 7.98. The lowest BCUT2D eigenvalue weighted by molar-refractivity contribution is -0.142. The average Bonchev–Trinajstić information content (AvgIpc) is 2.81. The Morgan fingerprint density at radius 1 is 0.889 bits per heavy atom. The number of hydrogen-bond donors (Lipinski definition) is 8. The van der Waals surface area contributed by atoms with Gasteiger partial charge in [0.25, 0.3) is 0 Å². The monoisotopic (exact) mass is 532 g/mol. The van der Waals surface area contributed by atoms with Gasteiger partial charge in [0.15, 0.2) is 5.96 Å². The molecule has 0 saturated heterocycles. The summed E-state index contributed by atoms with van der Waals surface area (Å²) in [6.07, 6.45) is 4.36. The Bertz CT molecular complexity index is 733. The van der Waals surface area contributed by atoms with Crippen molar-refractivity contribution in [3.8, 4) is 0 Å². The van der Waals surface area contributed by atoms with Crippen LogP contribution >= 0.6 is 11.8 Å². The molecule has 12 N–H and O–H groups in total. The van der Waals surface area contributed by atoms with Crippen LogP contribution in [0.4, 0.5) is 0 Å². The minimum Gasteiger partial charge on any atom is -0.480 e. The van der Waals surface area contributed by atoms with Crippen LogP contribution in [0, 0.1) is 5.92 Å². The topological polar surface area (TPSA) is 241 Å². The molecule has 208 valence electrons. The number of carbonyl (C=O) groups is 4. The van der Waals surface area contributed by atoms with Crippen LogP contribution in [-0.4, -0.2) is 84.0 Å². The van der Waals surface area contributed by atoms with Crippen LogP contribution in [0.5, 0.6) is 0 Å². The summed E-state index contributed by atoms with van der Waals surface area (Å²) < 4.78 is 0. The van der Waals surface area contributed by atoms with Crippen molar-refractivity contribution in [1.82, 2.24) is 16.0 Å². The molecule has 4 unspecified atom stereocenters. The molecule has 14 heteroatoms. The third-order valence-corrected chi connectivity index (χ3v) is 6.00. The number of nitrogens with zero attached hydrogens (tertiary/aromatic N) is 1. The number of nitrogens with two attached hydrogens (primary N) is 4. The van der Waals surface area contributed by atoms with Crippen LogP contribution in [0.25, 0.3) is 0 Å². The van der Waals surface area contributed by atoms with E-state index in [1.807, 2.05) is 6.26 Å². The maximum atomic E-state index is 13.1. The van der Waals surface area contributed by atoms with Crippen molar-refractivity contribution < 1.29 is 24.3 Å². The molecular formula is C22H44N8O5S. The quantitative estimate of drug-likeness (QED) is 0.0540. The van der Waals surface area contributed by atoms with E-state index < -0.39 is 47.9 Å². The first-order valence-electron chi connectivity index (χ1n) is 12.1. The van der Waals surface area contributed by atoms with E-state index in [4.69, 9.17) is 22.9 Å². The zero-order valence-corrected chi connectivity index (χ0v) is 22.3. The first-order valence-corrected chi connectivity index (χ1v) is 13.5. The van der Waals surface area contributed by atoms with Gasteiger partial charge >= 0.3 is 5.97 Å². The highest BCUT2D eigenvalue weighted by Crippen LogP contribution is 2.08. The number of carboxylic acid groups (broad SMARTS) is 1. The van der Waals surface area contributed by atoms with Gasteiger partial charge in [-0.2, -0.15) is 11.8 Å². The Balaban J connectivity index is 5.35. The van der Waals surface area contributed by atoms with Gasteiger partial charge in [0, 0.05) is 6.54 Å². The molecule has 0 aromatic heterocycles. The maximum absolute atomic E-state index is 13.1. The van der Waals surface area contributed by atoms with Gasteiger partial charge < -0.3 is 44.0 Å². The minimum atomic E-state index is -1.21. The number of amides is 3. The van der Waals surface area contributed by atoms with Gasteiger partial charge in [0.2, 0.25) is 17.7 Å². The molecule has 0 aromatic carbocycles. The van der Waals surface area contributed by atoms with E-state index in [2.05, 4.69) is 20.9 Å². The van der Waals surface area contributed by atoms with E-state index in [9.17, 15) is 24.3 Å². The third-order valence-electron chi connectivity index (χ3n) is 5.36. The van der Waals surface area contributed by atoms with Crippen LogP contribution in [0.2, 0.25) is 0 Å². The van der Waals surface area contributed by atoms with Crippen molar-refractivity contribution in [2.45, 2.75) is 76.5 Å². The highest BCUT2D eigenvalue weighted by Gasteiger charge is 2.31. The number of carbonyl (C=O) groups excluding carboxylic acids is 3. The highest BCUT2D eigenvalue weighted by atomic mass is 32.2. The summed E-state index contributed by atoms with van der Waals surface area (Å²) in [5.41, 5.74) is 22.0. The summed E-state index contributed by atoms with van der Waals surface area (Å²) in [5.74, 6) is -2.61. The van der Waals surface area contributed by atoms with E-state index in [-0.39, 0.29) is 24.8 Å². The summed E-state index contributed by atoms with van der Waals surface area (Å²) >= 11 is 1.56. The molecule has 13 nitrogen and oxygen atoms in total. The van der Waals surface area contributed by atoms with Crippen molar-refractivity contribution in [2.24, 2.45) is 33.8 Å². The average molecular weight is 533 g/mol. The summed E-state index contributed by atoms with van der Waals surface area (Å²) in [6.45, 7) is 4.10. The zero-order valence-electron chi connectivity index (χ0n) is 21.5. The summed E-state index contributed by atoms with van der Waals surface area (Å²) in [4.78, 5) is 54.0. The molecule has 0 aliphatic rings. The molecule has 4 atom stereocenters. The van der Waals surface area contributed by atoms with Crippen molar-refractivity contribution >= 4 is 41.4 Å². The first kappa shape index (κ1) is 33.4. The Morgan fingerprint density at radius 3 is 2.03 bits per heavy atom. The number of aliphatic imine (C=N–C) groups is 1. The van der Waals surface area contributed by atoms with E-state index in [0.717, 1.165) is 0 Å². The lowest BCUT2D eigenvalue weighted by Gasteiger charge is -2.27. The predicted molar refractivity (Wildman–Crippen MR) is 142 cm³/mol. The van der Waals surface area contributed by atoms with Gasteiger partial charge in [-0.25, -0.2) is 4.79 Å². The molecule has 0 heterocycles. The standard InChI is InChI=1S/C22H44N8O5S/c1-13(2)17(20(33)29-16(21(34)35)8-6-11-27-22(25)26)30-19(32)15(7-4-5-10-23)28-18(31)14(24)9-12-36-3/h13-17H,4-12,23-24H2,1-3H3,(H,28,31)(H,29,33)(H,30,32)(H,34,35)(H4,25,26,27). The number of unbranched alkanes of at least 4 members (excludes halogenated alkanes) is 1. The zero-order chi connectivity index (χ0) is 27.7. The van der Waals surface area contributed by atoms with E-state index in [1.165, 1.54) is 0 Å². The van der Waals surface area contributed by atoms with Crippen LogP contribution in [0.1, 0.15) is 52.4 Å². The number of carboxylic acids is 1. The molecule has 0 rings (SSSR count). The lowest BCUT2D eigenvalue weighted by Crippen LogP contribution is -2.58. The fraction of sp³-hybridized carbons (Fsp3) is 0.773. The number of guanidine groups is 1. The first-order chi connectivity index (χ1) is 16.9. The lowest BCUT2D eigenvalue weighted by atomic mass is 10.0. The summed E-state index contributed by atoms with van der Waals surface area (Å²) in [6, 6.07) is -3.87. The van der Waals surface area contributed by atoms with Gasteiger partial charge in [-0.05, 0) is 63.0 Å². The number of nitrogens with one attached hydrogen (secondary N) is 3. The largest absolute Gasteiger partial charge is 0.480 e. The van der Waals surface area contributed by atoms with Crippen LogP contribution in [-0.2, 0) is 19.2 Å². The number of aliphatic carboxylic acids is 1. The molecule has 0 fully saturated rings. The maximum Gasteiger partial charge on any atom is 0.326 e. The van der Waals surface area contributed by atoms with Crippen LogP contribution in [0.3, 0.4) is 0 Å². The fourth-order valence-corrected chi connectivity index (χ4v) is 3.72. The summed E-state index contributed by atoms with van der Waals surface area (Å²) in [5, 5.41) is 17.3. The Kier molecular flexibility index (Phi) is 17.3.